The second kappa shape index (κ2) is 6.53. The minimum Gasteiger partial charge on any atom is -0.258 e. The Labute approximate surface area is 123 Å². The molecule has 104 valence electrons. The average molecular weight is 290 g/mol. The highest BCUT2D eigenvalue weighted by molar-refractivity contribution is 6.20. The van der Waals surface area contributed by atoms with Crippen molar-refractivity contribution in [3.05, 3.63) is 75.3 Å². The number of benzene rings is 2. The summed E-state index contributed by atoms with van der Waals surface area (Å²) in [6.07, 6.45) is 1.49. The van der Waals surface area contributed by atoms with Gasteiger partial charge in [0.15, 0.2) is 0 Å². The van der Waals surface area contributed by atoms with Crippen LogP contribution in [-0.4, -0.2) is 4.92 Å². The molecule has 1 unspecified atom stereocenters. The molecule has 4 heteroatoms. The van der Waals surface area contributed by atoms with E-state index in [4.69, 9.17) is 11.6 Å². The summed E-state index contributed by atoms with van der Waals surface area (Å²) in [5.74, 6) is 0. The molecule has 0 amide bonds. The van der Waals surface area contributed by atoms with Gasteiger partial charge in [0.2, 0.25) is 0 Å². The summed E-state index contributed by atoms with van der Waals surface area (Å²) < 4.78 is 0. The van der Waals surface area contributed by atoms with Gasteiger partial charge in [-0.25, -0.2) is 0 Å². The van der Waals surface area contributed by atoms with Crippen LogP contribution in [0.5, 0.6) is 0 Å². The van der Waals surface area contributed by atoms with Crippen LogP contribution in [0.1, 0.15) is 28.5 Å². The number of nitrogens with zero attached hydrogens (tertiary/aromatic N) is 1. The van der Waals surface area contributed by atoms with Crippen LogP contribution in [-0.2, 0) is 6.42 Å². The fourth-order valence-corrected chi connectivity index (χ4v) is 2.50. The fraction of sp³-hybridized carbons (Fsp3) is 0.250. The highest BCUT2D eigenvalue weighted by Gasteiger charge is 2.14. The molecule has 1 atom stereocenters. The number of nitro benzene ring substituents is 1. The lowest BCUT2D eigenvalue weighted by Crippen LogP contribution is -1.99. The van der Waals surface area contributed by atoms with Gasteiger partial charge in [-0.2, -0.15) is 0 Å². The molecular formula is C16H16ClNO2. The van der Waals surface area contributed by atoms with E-state index in [2.05, 4.69) is 0 Å². The smallest absolute Gasteiger partial charge is 0.258 e. The van der Waals surface area contributed by atoms with Crippen molar-refractivity contribution in [2.75, 3.05) is 0 Å². The summed E-state index contributed by atoms with van der Waals surface area (Å²) in [4.78, 5) is 10.6. The van der Waals surface area contributed by atoms with E-state index in [-0.39, 0.29) is 16.0 Å². The number of hydrogen-bond donors (Lipinski definition) is 0. The molecule has 0 radical (unpaired) electrons. The second-order valence-electron chi connectivity index (χ2n) is 4.74. The van der Waals surface area contributed by atoms with Crippen molar-refractivity contribution < 1.29 is 4.92 Å². The molecule has 0 saturated carbocycles. The molecule has 2 rings (SSSR count). The maximum Gasteiger partial charge on any atom is 0.272 e. The first-order chi connectivity index (χ1) is 9.59. The minimum absolute atomic E-state index is 0.0742. The zero-order valence-electron chi connectivity index (χ0n) is 11.3. The molecule has 0 aliphatic carbocycles. The molecule has 0 aliphatic heterocycles. The van der Waals surface area contributed by atoms with E-state index in [1.807, 2.05) is 36.4 Å². The molecule has 0 saturated heterocycles. The van der Waals surface area contributed by atoms with Crippen LogP contribution in [0, 0.1) is 17.0 Å². The van der Waals surface area contributed by atoms with Crippen molar-refractivity contribution in [3.63, 3.8) is 0 Å². The van der Waals surface area contributed by atoms with Crippen LogP contribution in [0.4, 0.5) is 5.69 Å². The molecule has 20 heavy (non-hydrogen) atoms. The van der Waals surface area contributed by atoms with Gasteiger partial charge in [0.25, 0.3) is 5.69 Å². The molecule has 0 heterocycles. The van der Waals surface area contributed by atoms with Gasteiger partial charge in [-0.15, -0.1) is 11.6 Å². The Hall–Kier alpha value is -1.87. The Morgan fingerprint density at radius 2 is 1.85 bits per heavy atom. The van der Waals surface area contributed by atoms with Crippen LogP contribution < -0.4 is 0 Å². The average Bonchev–Trinajstić information content (AvgIpc) is 2.46. The molecule has 3 nitrogen and oxygen atoms in total. The first-order valence-corrected chi connectivity index (χ1v) is 6.95. The van der Waals surface area contributed by atoms with Crippen LogP contribution in [0.2, 0.25) is 0 Å². The Morgan fingerprint density at radius 3 is 2.50 bits per heavy atom. The molecule has 0 aliphatic rings. The van der Waals surface area contributed by atoms with Gasteiger partial charge in [-0.3, -0.25) is 10.1 Å². The van der Waals surface area contributed by atoms with Crippen LogP contribution in [0.15, 0.2) is 48.5 Å². The summed E-state index contributed by atoms with van der Waals surface area (Å²) in [6, 6.07) is 15.1. The lowest BCUT2D eigenvalue weighted by molar-refractivity contribution is -0.385. The van der Waals surface area contributed by atoms with Crippen molar-refractivity contribution >= 4 is 17.3 Å². The Morgan fingerprint density at radius 1 is 1.15 bits per heavy atom. The number of hydrogen-bond acceptors (Lipinski definition) is 2. The van der Waals surface area contributed by atoms with E-state index >= 15 is 0 Å². The van der Waals surface area contributed by atoms with E-state index in [1.54, 1.807) is 13.0 Å². The summed E-state index contributed by atoms with van der Waals surface area (Å²) in [7, 11) is 0. The van der Waals surface area contributed by atoms with Crippen LogP contribution in [0.3, 0.4) is 0 Å². The van der Waals surface area contributed by atoms with E-state index in [1.165, 1.54) is 6.07 Å². The lowest BCUT2D eigenvalue weighted by atomic mass is 9.99. The normalized spacial score (nSPS) is 12.1. The van der Waals surface area contributed by atoms with Crippen molar-refractivity contribution in [2.45, 2.75) is 25.1 Å². The molecule has 0 N–H and O–H groups in total. The molecule has 0 aromatic heterocycles. The molecular weight excluding hydrogens is 274 g/mol. The fourth-order valence-electron chi connectivity index (χ4n) is 2.25. The van der Waals surface area contributed by atoms with Gasteiger partial charge in [0.1, 0.15) is 0 Å². The maximum atomic E-state index is 10.9. The first kappa shape index (κ1) is 14.5. The third-order valence-electron chi connectivity index (χ3n) is 3.44. The monoisotopic (exact) mass is 289 g/mol. The zero-order valence-corrected chi connectivity index (χ0v) is 12.0. The van der Waals surface area contributed by atoms with Crippen molar-refractivity contribution in [1.29, 1.82) is 0 Å². The number of alkyl halides is 1. The van der Waals surface area contributed by atoms with Crippen molar-refractivity contribution in [3.8, 4) is 0 Å². The highest BCUT2D eigenvalue weighted by atomic mass is 35.5. The van der Waals surface area contributed by atoms with Crippen molar-refractivity contribution in [2.24, 2.45) is 0 Å². The molecule has 2 aromatic rings. The third kappa shape index (κ3) is 3.36. The van der Waals surface area contributed by atoms with Crippen molar-refractivity contribution in [1.82, 2.24) is 0 Å². The number of nitro groups is 1. The van der Waals surface area contributed by atoms with E-state index in [0.717, 1.165) is 29.5 Å². The predicted octanol–water partition coefficient (Wildman–Crippen LogP) is 4.82. The summed E-state index contributed by atoms with van der Waals surface area (Å²) in [5.41, 5.74) is 2.97. The predicted molar refractivity (Wildman–Crippen MR) is 81.2 cm³/mol. The molecule has 0 bridgehead atoms. The standard InChI is InChI=1S/C16H16ClNO2/c1-12-13(8-5-9-16(12)18(19)20)10-11-15(17)14-6-3-2-4-7-14/h2-9,15H,10-11H2,1H3. The molecule has 0 spiro atoms. The Balaban J connectivity index is 2.08. The minimum atomic E-state index is -0.339. The number of aryl methyl sites for hydroxylation is 1. The molecule has 0 fully saturated rings. The zero-order chi connectivity index (χ0) is 14.5. The highest BCUT2D eigenvalue weighted by Crippen LogP contribution is 2.28. The van der Waals surface area contributed by atoms with E-state index in [0.29, 0.717) is 0 Å². The van der Waals surface area contributed by atoms with E-state index in [9.17, 15) is 10.1 Å². The van der Waals surface area contributed by atoms with Crippen LogP contribution in [0.25, 0.3) is 0 Å². The van der Waals surface area contributed by atoms with E-state index < -0.39 is 0 Å². The summed E-state index contributed by atoms with van der Waals surface area (Å²) >= 11 is 6.38. The summed E-state index contributed by atoms with van der Waals surface area (Å²) in [6.45, 7) is 1.79. The van der Waals surface area contributed by atoms with Crippen LogP contribution >= 0.6 is 11.6 Å². The Bertz CT molecular complexity index is 599. The topological polar surface area (TPSA) is 43.1 Å². The van der Waals surface area contributed by atoms with Gasteiger partial charge in [-0.1, -0.05) is 42.5 Å². The van der Waals surface area contributed by atoms with Gasteiger partial charge in [-0.05, 0) is 30.9 Å². The lowest BCUT2D eigenvalue weighted by Gasteiger charge is -2.11. The number of rotatable bonds is 5. The van der Waals surface area contributed by atoms with Gasteiger partial charge in [0, 0.05) is 11.6 Å². The van der Waals surface area contributed by atoms with Gasteiger partial charge < -0.3 is 0 Å². The molecule has 2 aromatic carbocycles. The van der Waals surface area contributed by atoms with Gasteiger partial charge in [0.05, 0.1) is 10.3 Å². The Kier molecular flexibility index (Phi) is 4.74. The van der Waals surface area contributed by atoms with Gasteiger partial charge >= 0.3 is 0 Å². The number of halogens is 1. The quantitative estimate of drug-likeness (QED) is 0.450. The maximum absolute atomic E-state index is 10.9. The third-order valence-corrected chi connectivity index (χ3v) is 3.91. The first-order valence-electron chi connectivity index (χ1n) is 6.51. The second-order valence-corrected chi connectivity index (χ2v) is 5.26. The SMILES string of the molecule is Cc1c(CCC(Cl)c2ccccc2)cccc1[N+](=O)[O-]. The largest absolute Gasteiger partial charge is 0.272 e. The summed E-state index contributed by atoms with van der Waals surface area (Å²) in [5, 5.41) is 10.8.